The summed E-state index contributed by atoms with van der Waals surface area (Å²) < 4.78 is 20.9. The number of alkyl halides is 2. The summed E-state index contributed by atoms with van der Waals surface area (Å²) in [6.45, 7) is 7.28. The van der Waals surface area contributed by atoms with Crippen LogP contribution in [-0.4, -0.2) is 29.9 Å². The Morgan fingerprint density at radius 2 is 1.50 bits per heavy atom. The third kappa shape index (κ3) is 4.91. The molecule has 0 spiro atoms. The summed E-state index contributed by atoms with van der Waals surface area (Å²) in [7, 11) is -0.771. The summed E-state index contributed by atoms with van der Waals surface area (Å²) >= 11 is 12.0. The largest absolute Gasteiger partial charge is 0.350 e. The van der Waals surface area contributed by atoms with Crippen molar-refractivity contribution in [3.8, 4) is 0 Å². The van der Waals surface area contributed by atoms with Gasteiger partial charge in [0.05, 0.1) is 0 Å². The Labute approximate surface area is 108 Å². The summed E-state index contributed by atoms with van der Waals surface area (Å²) in [6.07, 6.45) is 0. The van der Waals surface area contributed by atoms with E-state index in [1.807, 2.05) is 20.8 Å². The van der Waals surface area contributed by atoms with Crippen LogP contribution < -0.4 is 5.32 Å². The zero-order valence-electron chi connectivity index (χ0n) is 10.5. The van der Waals surface area contributed by atoms with E-state index >= 15 is 0 Å². The number of hydrogen-bond donors (Lipinski definition) is 1. The molecule has 0 saturated carbocycles. The summed E-state index contributed by atoms with van der Waals surface area (Å²) in [5, 5.41) is 3.06. The Morgan fingerprint density at radius 3 is 1.69 bits per heavy atom. The van der Waals surface area contributed by atoms with E-state index in [0.29, 0.717) is 0 Å². The molecular formula is C9H20Cl2NO3P. The van der Waals surface area contributed by atoms with E-state index in [1.54, 1.807) is 6.92 Å². The van der Waals surface area contributed by atoms with Gasteiger partial charge in [0.25, 0.3) is 0 Å². The fraction of sp³-hybridized carbons (Fsp3) is 1.00. The standard InChI is InChI=1S/C9H20Cl2NO3P/c1-8(2,3)12-7(9(4,10)11)16(13,14-5)15-6/h7,12H,1-6H3. The Bertz CT molecular complexity index is 265. The van der Waals surface area contributed by atoms with E-state index in [2.05, 4.69) is 5.32 Å². The maximum Gasteiger partial charge on any atom is 0.350 e. The van der Waals surface area contributed by atoms with Crippen LogP contribution >= 0.6 is 30.8 Å². The smallest absolute Gasteiger partial charge is 0.311 e. The van der Waals surface area contributed by atoms with Gasteiger partial charge in [-0.2, -0.15) is 0 Å². The second-order valence-corrected chi connectivity index (χ2v) is 8.75. The molecule has 1 N–H and O–H groups in total. The van der Waals surface area contributed by atoms with Crippen LogP contribution in [0.15, 0.2) is 0 Å². The highest BCUT2D eigenvalue weighted by Crippen LogP contribution is 2.56. The number of hydrogen-bond acceptors (Lipinski definition) is 4. The summed E-state index contributed by atoms with van der Waals surface area (Å²) in [5.74, 6) is -0.807. The predicted molar refractivity (Wildman–Crippen MR) is 68.4 cm³/mol. The van der Waals surface area contributed by atoms with Gasteiger partial charge in [-0.15, -0.1) is 0 Å². The second kappa shape index (κ2) is 5.55. The maximum atomic E-state index is 12.3. The van der Waals surface area contributed by atoms with Crippen molar-refractivity contribution in [2.24, 2.45) is 0 Å². The number of rotatable bonds is 5. The molecule has 0 radical (unpaired) electrons. The van der Waals surface area contributed by atoms with E-state index < -0.39 is 17.7 Å². The van der Waals surface area contributed by atoms with Gasteiger partial charge in [0.15, 0.2) is 0 Å². The zero-order chi connectivity index (χ0) is 13.2. The molecule has 7 heteroatoms. The lowest BCUT2D eigenvalue weighted by Gasteiger charge is -2.36. The van der Waals surface area contributed by atoms with Gasteiger partial charge >= 0.3 is 7.60 Å². The van der Waals surface area contributed by atoms with Crippen molar-refractivity contribution in [3.05, 3.63) is 0 Å². The lowest BCUT2D eigenvalue weighted by molar-refractivity contribution is 0.244. The van der Waals surface area contributed by atoms with Crippen LogP contribution in [0.5, 0.6) is 0 Å². The van der Waals surface area contributed by atoms with E-state index in [4.69, 9.17) is 32.2 Å². The zero-order valence-corrected chi connectivity index (χ0v) is 12.9. The molecule has 4 nitrogen and oxygen atoms in total. The molecule has 1 atom stereocenters. The van der Waals surface area contributed by atoms with Crippen molar-refractivity contribution in [2.45, 2.75) is 43.4 Å². The second-order valence-electron chi connectivity index (χ2n) is 4.66. The van der Waals surface area contributed by atoms with Gasteiger partial charge < -0.3 is 9.05 Å². The minimum absolute atomic E-state index is 0.317. The molecule has 0 fully saturated rings. The lowest BCUT2D eigenvalue weighted by Crippen LogP contribution is -2.50. The van der Waals surface area contributed by atoms with E-state index in [0.717, 1.165) is 0 Å². The first kappa shape index (κ1) is 16.7. The summed E-state index contributed by atoms with van der Waals surface area (Å²) in [6, 6.07) is 0. The van der Waals surface area contributed by atoms with Crippen LogP contribution in [-0.2, 0) is 13.6 Å². The fourth-order valence-corrected chi connectivity index (χ4v) is 3.68. The molecule has 0 aliphatic carbocycles. The van der Waals surface area contributed by atoms with Crippen LogP contribution in [0.2, 0.25) is 0 Å². The maximum absolute atomic E-state index is 12.3. The normalized spacial score (nSPS) is 16.2. The monoisotopic (exact) mass is 291 g/mol. The first-order valence-electron chi connectivity index (χ1n) is 4.83. The molecule has 16 heavy (non-hydrogen) atoms. The highest BCUT2D eigenvalue weighted by atomic mass is 35.5. The first-order valence-corrected chi connectivity index (χ1v) is 7.20. The highest BCUT2D eigenvalue weighted by Gasteiger charge is 2.47. The minimum atomic E-state index is -3.38. The molecule has 98 valence electrons. The van der Waals surface area contributed by atoms with Gasteiger partial charge in [0, 0.05) is 19.8 Å². The van der Waals surface area contributed by atoms with E-state index in [-0.39, 0.29) is 5.54 Å². The van der Waals surface area contributed by atoms with Crippen LogP contribution in [0, 0.1) is 0 Å². The first-order chi connectivity index (χ1) is 6.96. The molecule has 0 aliphatic rings. The Kier molecular flexibility index (Phi) is 5.79. The Hall–Kier alpha value is 0.690. The molecule has 0 saturated heterocycles. The van der Waals surface area contributed by atoms with Crippen LogP contribution in [0.4, 0.5) is 0 Å². The van der Waals surface area contributed by atoms with Crippen molar-refractivity contribution >= 4 is 30.8 Å². The number of halogens is 2. The summed E-state index contributed by atoms with van der Waals surface area (Å²) in [4.78, 5) is 0. The van der Waals surface area contributed by atoms with Crippen molar-refractivity contribution in [2.75, 3.05) is 14.2 Å². The summed E-state index contributed by atoms with van der Waals surface area (Å²) in [5.41, 5.74) is -0.317. The van der Waals surface area contributed by atoms with E-state index in [1.165, 1.54) is 14.2 Å². The molecule has 0 amide bonds. The van der Waals surface area contributed by atoms with Crippen LogP contribution in [0.25, 0.3) is 0 Å². The van der Waals surface area contributed by atoms with Gasteiger partial charge in [-0.05, 0) is 27.7 Å². The molecule has 0 aromatic heterocycles. The minimum Gasteiger partial charge on any atom is -0.311 e. The SMILES string of the molecule is COP(=O)(OC)C(NC(C)(C)C)C(C)(Cl)Cl. The molecule has 1 unspecified atom stereocenters. The molecule has 0 aliphatic heterocycles. The van der Waals surface area contributed by atoms with Crippen molar-refractivity contribution in [3.63, 3.8) is 0 Å². The molecule has 0 heterocycles. The van der Waals surface area contributed by atoms with Crippen molar-refractivity contribution in [1.82, 2.24) is 5.32 Å². The van der Waals surface area contributed by atoms with Gasteiger partial charge in [0.1, 0.15) is 10.1 Å². The van der Waals surface area contributed by atoms with Gasteiger partial charge in [-0.25, -0.2) is 0 Å². The van der Waals surface area contributed by atoms with Gasteiger partial charge in [-0.3, -0.25) is 9.88 Å². The lowest BCUT2D eigenvalue weighted by atomic mass is 10.1. The molecule has 0 aromatic rings. The van der Waals surface area contributed by atoms with E-state index in [9.17, 15) is 4.57 Å². The topological polar surface area (TPSA) is 47.6 Å². The van der Waals surface area contributed by atoms with Crippen molar-refractivity contribution in [1.29, 1.82) is 0 Å². The third-order valence-corrected chi connectivity index (χ3v) is 4.91. The van der Waals surface area contributed by atoms with Crippen molar-refractivity contribution < 1.29 is 13.6 Å². The molecule has 0 aromatic carbocycles. The Balaban J connectivity index is 5.19. The van der Waals surface area contributed by atoms with Gasteiger partial charge in [-0.1, -0.05) is 23.2 Å². The highest BCUT2D eigenvalue weighted by molar-refractivity contribution is 7.55. The molecule has 0 rings (SSSR count). The van der Waals surface area contributed by atoms with Gasteiger partial charge in [0.2, 0.25) is 0 Å². The Morgan fingerprint density at radius 1 is 1.12 bits per heavy atom. The average molecular weight is 292 g/mol. The van der Waals surface area contributed by atoms with Crippen LogP contribution in [0.1, 0.15) is 27.7 Å². The number of nitrogens with one attached hydrogen (secondary N) is 1. The quantitative estimate of drug-likeness (QED) is 0.623. The van der Waals surface area contributed by atoms with Crippen LogP contribution in [0.3, 0.4) is 0 Å². The third-order valence-electron chi connectivity index (χ3n) is 1.88. The average Bonchev–Trinajstić information content (AvgIpc) is 2.10. The molecule has 0 bridgehead atoms. The fourth-order valence-electron chi connectivity index (χ4n) is 1.18. The predicted octanol–water partition coefficient (Wildman–Crippen LogP) is 3.38. The molecular weight excluding hydrogens is 272 g/mol.